The highest BCUT2D eigenvalue weighted by Gasteiger charge is 2.21. The third kappa shape index (κ3) is 2.18. The fourth-order valence-electron chi connectivity index (χ4n) is 1.49. The van der Waals surface area contributed by atoms with Crippen LogP contribution in [0.25, 0.3) is 0 Å². The Balaban J connectivity index is 2.09. The predicted octanol–water partition coefficient (Wildman–Crippen LogP) is 1.06. The topological polar surface area (TPSA) is 79.3 Å². The van der Waals surface area contributed by atoms with Gasteiger partial charge in [-0.2, -0.15) is 0 Å². The minimum Gasteiger partial charge on any atom is -0.477 e. The van der Waals surface area contributed by atoms with Gasteiger partial charge >= 0.3 is 5.97 Å². The average molecular weight is 220 g/mol. The van der Waals surface area contributed by atoms with E-state index >= 15 is 0 Å². The van der Waals surface area contributed by atoms with E-state index in [1.807, 2.05) is 0 Å². The average Bonchev–Trinajstić information content (AvgIpc) is 2.23. The quantitative estimate of drug-likeness (QED) is 0.798. The van der Waals surface area contributed by atoms with Crippen molar-refractivity contribution in [3.05, 3.63) is 29.6 Å². The van der Waals surface area contributed by atoms with Gasteiger partial charge in [-0.25, -0.2) is 9.78 Å². The Kier molecular flexibility index (Phi) is 2.85. The van der Waals surface area contributed by atoms with E-state index in [1.54, 1.807) is 0 Å². The molecular formula is C11H12N2O3. The lowest BCUT2D eigenvalue weighted by Crippen LogP contribution is -2.39. The van der Waals surface area contributed by atoms with Gasteiger partial charge < -0.3 is 10.4 Å². The van der Waals surface area contributed by atoms with Gasteiger partial charge in [0.25, 0.3) is 5.91 Å². The van der Waals surface area contributed by atoms with Crippen molar-refractivity contribution in [2.75, 3.05) is 0 Å². The molecule has 0 atom stereocenters. The molecule has 0 aliphatic heterocycles. The van der Waals surface area contributed by atoms with Gasteiger partial charge in [0.15, 0.2) is 0 Å². The highest BCUT2D eigenvalue weighted by atomic mass is 16.4. The van der Waals surface area contributed by atoms with Gasteiger partial charge in [0.1, 0.15) is 11.4 Å². The van der Waals surface area contributed by atoms with Crippen molar-refractivity contribution in [2.24, 2.45) is 0 Å². The van der Waals surface area contributed by atoms with Gasteiger partial charge in [0.05, 0.1) is 0 Å². The summed E-state index contributed by atoms with van der Waals surface area (Å²) in [6.45, 7) is 0. The maximum absolute atomic E-state index is 11.7. The second-order valence-corrected chi connectivity index (χ2v) is 3.81. The lowest BCUT2D eigenvalue weighted by atomic mass is 9.93. The first kappa shape index (κ1) is 10.6. The molecule has 0 unspecified atom stereocenters. The van der Waals surface area contributed by atoms with Crippen LogP contribution in [0.2, 0.25) is 0 Å². The molecule has 1 aliphatic carbocycles. The van der Waals surface area contributed by atoms with Gasteiger partial charge in [0.2, 0.25) is 0 Å². The van der Waals surface area contributed by atoms with Crippen LogP contribution in [0.1, 0.15) is 40.2 Å². The van der Waals surface area contributed by atoms with E-state index in [-0.39, 0.29) is 23.3 Å². The van der Waals surface area contributed by atoms with Gasteiger partial charge in [-0.3, -0.25) is 4.79 Å². The van der Waals surface area contributed by atoms with E-state index in [4.69, 9.17) is 5.11 Å². The maximum atomic E-state index is 11.7. The number of carbonyl (C=O) groups is 2. The molecule has 1 aromatic heterocycles. The van der Waals surface area contributed by atoms with Crippen molar-refractivity contribution in [3.63, 3.8) is 0 Å². The number of nitrogens with one attached hydrogen (secondary N) is 1. The molecule has 2 N–H and O–H groups in total. The van der Waals surface area contributed by atoms with Gasteiger partial charge in [-0.15, -0.1) is 0 Å². The minimum atomic E-state index is -1.13. The zero-order valence-electron chi connectivity index (χ0n) is 8.64. The molecule has 1 saturated carbocycles. The zero-order valence-corrected chi connectivity index (χ0v) is 8.64. The summed E-state index contributed by atoms with van der Waals surface area (Å²) in [5.74, 6) is -1.42. The molecule has 1 aliphatic rings. The SMILES string of the molecule is O=C(O)c1cccc(C(=O)NC2CCC2)n1. The lowest BCUT2D eigenvalue weighted by molar-refractivity contribution is 0.0690. The van der Waals surface area contributed by atoms with Crippen LogP contribution < -0.4 is 5.32 Å². The molecule has 16 heavy (non-hydrogen) atoms. The summed E-state index contributed by atoms with van der Waals surface area (Å²) in [5.41, 5.74) is 0.0491. The van der Waals surface area contributed by atoms with Gasteiger partial charge in [-0.1, -0.05) is 6.07 Å². The Morgan fingerprint density at radius 2 is 2.00 bits per heavy atom. The molecule has 2 rings (SSSR count). The number of carbonyl (C=O) groups excluding carboxylic acids is 1. The second-order valence-electron chi connectivity index (χ2n) is 3.81. The van der Waals surface area contributed by atoms with Gasteiger partial charge in [-0.05, 0) is 31.4 Å². The third-order valence-corrected chi connectivity index (χ3v) is 2.64. The second kappa shape index (κ2) is 4.30. The Bertz CT molecular complexity index is 427. The molecule has 0 saturated heterocycles. The molecule has 0 spiro atoms. The highest BCUT2D eigenvalue weighted by molar-refractivity contribution is 5.94. The molecule has 0 aromatic carbocycles. The molecule has 0 bridgehead atoms. The molecule has 1 amide bonds. The number of nitrogens with zero attached hydrogens (tertiary/aromatic N) is 1. The number of aromatic nitrogens is 1. The maximum Gasteiger partial charge on any atom is 0.354 e. The molecular weight excluding hydrogens is 208 g/mol. The van der Waals surface area contributed by atoms with Gasteiger partial charge in [0, 0.05) is 6.04 Å². The highest BCUT2D eigenvalue weighted by Crippen LogP contribution is 2.18. The number of rotatable bonds is 3. The van der Waals surface area contributed by atoms with Crippen molar-refractivity contribution in [1.29, 1.82) is 0 Å². The number of hydrogen-bond donors (Lipinski definition) is 2. The van der Waals surface area contributed by atoms with Crippen LogP contribution in [0.4, 0.5) is 0 Å². The van der Waals surface area contributed by atoms with Crippen LogP contribution in [0, 0.1) is 0 Å². The number of carboxylic acid groups (broad SMARTS) is 1. The first-order chi connectivity index (χ1) is 7.66. The van der Waals surface area contributed by atoms with E-state index in [1.165, 1.54) is 18.2 Å². The molecule has 1 aromatic rings. The third-order valence-electron chi connectivity index (χ3n) is 2.64. The zero-order chi connectivity index (χ0) is 11.5. The van der Waals surface area contributed by atoms with E-state index in [2.05, 4.69) is 10.3 Å². The normalized spacial score (nSPS) is 15.2. The predicted molar refractivity (Wildman–Crippen MR) is 56.3 cm³/mol. The van der Waals surface area contributed by atoms with E-state index < -0.39 is 5.97 Å². The summed E-state index contributed by atoms with van der Waals surface area (Å²) in [4.78, 5) is 26.1. The summed E-state index contributed by atoms with van der Waals surface area (Å²) in [7, 11) is 0. The monoisotopic (exact) mass is 220 g/mol. The summed E-state index contributed by atoms with van der Waals surface area (Å²) >= 11 is 0. The first-order valence-corrected chi connectivity index (χ1v) is 5.18. The van der Waals surface area contributed by atoms with Crippen LogP contribution in [-0.2, 0) is 0 Å². The van der Waals surface area contributed by atoms with Crippen molar-refractivity contribution >= 4 is 11.9 Å². The summed E-state index contributed by atoms with van der Waals surface area (Å²) in [6.07, 6.45) is 3.11. The summed E-state index contributed by atoms with van der Waals surface area (Å²) in [5, 5.41) is 11.5. The molecule has 1 fully saturated rings. The molecule has 5 nitrogen and oxygen atoms in total. The Hall–Kier alpha value is -1.91. The Morgan fingerprint density at radius 3 is 2.56 bits per heavy atom. The Morgan fingerprint density at radius 1 is 1.31 bits per heavy atom. The van der Waals surface area contributed by atoms with E-state index in [0.29, 0.717) is 0 Å². The van der Waals surface area contributed by atoms with Crippen molar-refractivity contribution in [1.82, 2.24) is 10.3 Å². The van der Waals surface area contributed by atoms with Crippen molar-refractivity contribution in [2.45, 2.75) is 25.3 Å². The number of pyridine rings is 1. The number of hydrogen-bond acceptors (Lipinski definition) is 3. The van der Waals surface area contributed by atoms with Crippen LogP contribution in [0.5, 0.6) is 0 Å². The number of carboxylic acids is 1. The summed E-state index contributed by atoms with van der Waals surface area (Å²) in [6, 6.07) is 4.62. The fourth-order valence-corrected chi connectivity index (χ4v) is 1.49. The molecule has 5 heteroatoms. The fraction of sp³-hybridized carbons (Fsp3) is 0.364. The molecule has 0 radical (unpaired) electrons. The van der Waals surface area contributed by atoms with Crippen LogP contribution >= 0.6 is 0 Å². The van der Waals surface area contributed by atoms with E-state index in [9.17, 15) is 9.59 Å². The molecule has 84 valence electrons. The molecule has 1 heterocycles. The van der Waals surface area contributed by atoms with Crippen LogP contribution in [-0.4, -0.2) is 28.0 Å². The van der Waals surface area contributed by atoms with Crippen molar-refractivity contribution < 1.29 is 14.7 Å². The lowest BCUT2D eigenvalue weighted by Gasteiger charge is -2.26. The summed E-state index contributed by atoms with van der Waals surface area (Å²) < 4.78 is 0. The smallest absolute Gasteiger partial charge is 0.354 e. The van der Waals surface area contributed by atoms with Crippen molar-refractivity contribution in [3.8, 4) is 0 Å². The standard InChI is InChI=1S/C11H12N2O3/c14-10(12-7-3-1-4-7)8-5-2-6-9(13-8)11(15)16/h2,5-7H,1,3-4H2,(H,12,14)(H,15,16). The Labute approximate surface area is 92.5 Å². The number of amides is 1. The minimum absolute atomic E-state index is 0.110. The van der Waals surface area contributed by atoms with Crippen LogP contribution in [0.15, 0.2) is 18.2 Å². The number of aromatic carboxylic acids is 1. The first-order valence-electron chi connectivity index (χ1n) is 5.18. The van der Waals surface area contributed by atoms with Crippen LogP contribution in [0.3, 0.4) is 0 Å². The largest absolute Gasteiger partial charge is 0.477 e. The van der Waals surface area contributed by atoms with E-state index in [0.717, 1.165) is 19.3 Å².